The van der Waals surface area contributed by atoms with E-state index in [2.05, 4.69) is 13.5 Å². The zero-order valence-corrected chi connectivity index (χ0v) is 15.3. The van der Waals surface area contributed by atoms with Gasteiger partial charge >= 0.3 is 7.60 Å². The molecule has 1 atom stereocenters. The first-order valence-corrected chi connectivity index (χ1v) is 10.2. The molecule has 0 amide bonds. The molecule has 5 heteroatoms. The summed E-state index contributed by atoms with van der Waals surface area (Å²) in [6.07, 6.45) is 5.55. The molecule has 120 valence electrons. The lowest BCUT2D eigenvalue weighted by Crippen LogP contribution is -2.16. The summed E-state index contributed by atoms with van der Waals surface area (Å²) in [6, 6.07) is 0. The van der Waals surface area contributed by atoms with Crippen LogP contribution in [0.1, 0.15) is 60.3 Å². The van der Waals surface area contributed by atoms with Crippen LogP contribution in [-0.2, 0) is 13.6 Å². The lowest BCUT2D eigenvalue weighted by molar-refractivity contribution is 0.140. The number of rotatable bonds is 12. The zero-order chi connectivity index (χ0) is 15.6. The average Bonchev–Trinajstić information content (AvgIpc) is 2.31. The van der Waals surface area contributed by atoms with Crippen molar-refractivity contribution in [3.8, 4) is 0 Å². The predicted molar refractivity (Wildman–Crippen MR) is 90.6 cm³/mol. The van der Waals surface area contributed by atoms with Crippen LogP contribution >= 0.6 is 19.4 Å². The second-order valence-corrected chi connectivity index (χ2v) is 9.18. The van der Waals surface area contributed by atoms with Gasteiger partial charge in [-0.05, 0) is 52.7 Å². The first-order chi connectivity index (χ1) is 9.35. The molecular formula is C15H31O3PS. The van der Waals surface area contributed by atoms with Crippen molar-refractivity contribution in [2.45, 2.75) is 77.5 Å². The first kappa shape index (κ1) is 20.2. The highest BCUT2D eigenvalue weighted by atomic mass is 32.2. The standard InChI is InChI=1S/C15H31O3PS/c1-7-9-11-15(20-12-10-8-2)19(16,17-13(3)4)18-14(5)6/h7,13-15H,1,8-12H2,2-6H3. The van der Waals surface area contributed by atoms with Crippen LogP contribution in [0.25, 0.3) is 0 Å². The van der Waals surface area contributed by atoms with E-state index in [9.17, 15) is 4.57 Å². The van der Waals surface area contributed by atoms with Gasteiger partial charge in [0, 0.05) is 0 Å². The maximum Gasteiger partial charge on any atom is 0.344 e. The molecule has 0 aliphatic rings. The number of hydrogen-bond donors (Lipinski definition) is 0. The molecule has 0 rings (SSSR count). The molecule has 0 saturated carbocycles. The van der Waals surface area contributed by atoms with Crippen molar-refractivity contribution in [3.63, 3.8) is 0 Å². The van der Waals surface area contributed by atoms with Gasteiger partial charge in [0.1, 0.15) is 4.99 Å². The Hall–Kier alpha value is 0.240. The van der Waals surface area contributed by atoms with E-state index in [1.807, 2.05) is 33.8 Å². The lowest BCUT2D eigenvalue weighted by Gasteiger charge is -2.29. The van der Waals surface area contributed by atoms with Gasteiger partial charge in [-0.3, -0.25) is 4.57 Å². The number of hydrogen-bond acceptors (Lipinski definition) is 4. The Bertz CT molecular complexity index is 291. The lowest BCUT2D eigenvalue weighted by atomic mass is 10.3. The molecule has 20 heavy (non-hydrogen) atoms. The van der Waals surface area contributed by atoms with Gasteiger partial charge in [0.2, 0.25) is 0 Å². The summed E-state index contributed by atoms with van der Waals surface area (Å²) in [5.41, 5.74) is 0. The number of allylic oxidation sites excluding steroid dienone is 1. The van der Waals surface area contributed by atoms with Crippen LogP contribution in [0.2, 0.25) is 0 Å². The predicted octanol–water partition coefficient (Wildman–Crippen LogP) is 5.86. The molecular weight excluding hydrogens is 291 g/mol. The third-order valence-electron chi connectivity index (χ3n) is 2.49. The van der Waals surface area contributed by atoms with E-state index in [0.29, 0.717) is 0 Å². The Morgan fingerprint density at radius 1 is 1.20 bits per heavy atom. The highest BCUT2D eigenvalue weighted by Crippen LogP contribution is 2.60. The summed E-state index contributed by atoms with van der Waals surface area (Å²) in [6.45, 7) is 13.5. The fourth-order valence-electron chi connectivity index (χ4n) is 1.71. The maximum atomic E-state index is 13.1. The Morgan fingerprint density at radius 3 is 2.15 bits per heavy atom. The van der Waals surface area contributed by atoms with Crippen molar-refractivity contribution in [1.82, 2.24) is 0 Å². The molecule has 0 aromatic rings. The summed E-state index contributed by atoms with van der Waals surface area (Å²) in [5, 5.41) is 0. The van der Waals surface area contributed by atoms with E-state index >= 15 is 0 Å². The van der Waals surface area contributed by atoms with Crippen molar-refractivity contribution < 1.29 is 13.6 Å². The third-order valence-corrected chi connectivity index (χ3v) is 7.26. The van der Waals surface area contributed by atoms with Gasteiger partial charge in [0.25, 0.3) is 0 Å². The van der Waals surface area contributed by atoms with E-state index in [4.69, 9.17) is 9.05 Å². The van der Waals surface area contributed by atoms with Gasteiger partial charge in [-0.2, -0.15) is 0 Å². The summed E-state index contributed by atoms with van der Waals surface area (Å²) >= 11 is 1.72. The maximum absolute atomic E-state index is 13.1. The van der Waals surface area contributed by atoms with Gasteiger partial charge < -0.3 is 9.05 Å². The van der Waals surface area contributed by atoms with Crippen LogP contribution in [0.15, 0.2) is 12.7 Å². The van der Waals surface area contributed by atoms with E-state index in [-0.39, 0.29) is 17.2 Å². The van der Waals surface area contributed by atoms with E-state index in [0.717, 1.165) is 31.4 Å². The molecule has 0 aliphatic heterocycles. The van der Waals surface area contributed by atoms with Gasteiger partial charge in [0.05, 0.1) is 12.2 Å². The van der Waals surface area contributed by atoms with Crippen molar-refractivity contribution in [2.24, 2.45) is 0 Å². The van der Waals surface area contributed by atoms with Crippen molar-refractivity contribution in [1.29, 1.82) is 0 Å². The zero-order valence-electron chi connectivity index (χ0n) is 13.6. The monoisotopic (exact) mass is 322 g/mol. The third kappa shape index (κ3) is 8.51. The Labute approximate surface area is 129 Å². The smallest absolute Gasteiger partial charge is 0.305 e. The fraction of sp³-hybridized carbons (Fsp3) is 0.867. The van der Waals surface area contributed by atoms with E-state index in [1.165, 1.54) is 0 Å². The molecule has 0 bridgehead atoms. The van der Waals surface area contributed by atoms with Crippen molar-refractivity contribution >= 4 is 19.4 Å². The van der Waals surface area contributed by atoms with Crippen molar-refractivity contribution in [3.05, 3.63) is 12.7 Å². The van der Waals surface area contributed by atoms with Crippen LogP contribution < -0.4 is 0 Å². The molecule has 0 saturated heterocycles. The van der Waals surface area contributed by atoms with E-state index < -0.39 is 7.60 Å². The molecule has 0 aromatic heterocycles. The molecule has 0 radical (unpaired) electrons. The summed E-state index contributed by atoms with van der Waals surface area (Å²) in [7, 11) is -3.10. The first-order valence-electron chi connectivity index (χ1n) is 7.54. The summed E-state index contributed by atoms with van der Waals surface area (Å²) in [5.74, 6) is 0.991. The van der Waals surface area contributed by atoms with Crippen LogP contribution in [0.5, 0.6) is 0 Å². The van der Waals surface area contributed by atoms with Crippen LogP contribution in [0.3, 0.4) is 0 Å². The molecule has 0 N–H and O–H groups in total. The minimum atomic E-state index is -3.10. The summed E-state index contributed by atoms with van der Waals surface area (Å²) in [4.78, 5) is -0.100. The van der Waals surface area contributed by atoms with Gasteiger partial charge in [-0.1, -0.05) is 19.4 Å². The van der Waals surface area contributed by atoms with E-state index in [1.54, 1.807) is 11.8 Å². The van der Waals surface area contributed by atoms with Gasteiger partial charge in [-0.25, -0.2) is 0 Å². The van der Waals surface area contributed by atoms with Crippen LogP contribution in [-0.4, -0.2) is 23.0 Å². The largest absolute Gasteiger partial charge is 0.344 e. The Kier molecular flexibility index (Phi) is 11.0. The van der Waals surface area contributed by atoms with Gasteiger partial charge in [-0.15, -0.1) is 18.3 Å². The molecule has 0 heterocycles. The molecule has 1 unspecified atom stereocenters. The highest BCUT2D eigenvalue weighted by Gasteiger charge is 2.37. The Balaban J connectivity index is 4.94. The molecule has 0 fully saturated rings. The molecule has 0 aromatic carbocycles. The fourth-order valence-corrected chi connectivity index (χ4v) is 6.04. The minimum absolute atomic E-state index is 0.0995. The molecule has 3 nitrogen and oxygen atoms in total. The SMILES string of the molecule is C=CCCC(SCCCC)P(=O)(OC(C)C)OC(C)C. The van der Waals surface area contributed by atoms with Gasteiger partial charge in [0.15, 0.2) is 0 Å². The van der Waals surface area contributed by atoms with Crippen LogP contribution in [0, 0.1) is 0 Å². The normalized spacial score (nSPS) is 13.9. The Morgan fingerprint density at radius 2 is 1.75 bits per heavy atom. The second-order valence-electron chi connectivity index (χ2n) is 5.39. The number of thioether (sulfide) groups is 1. The average molecular weight is 322 g/mol. The quantitative estimate of drug-likeness (QED) is 0.256. The van der Waals surface area contributed by atoms with Crippen molar-refractivity contribution in [2.75, 3.05) is 5.75 Å². The topological polar surface area (TPSA) is 35.5 Å². The molecule has 0 aliphatic carbocycles. The van der Waals surface area contributed by atoms with Crippen LogP contribution in [0.4, 0.5) is 0 Å². The molecule has 0 spiro atoms. The number of unbranched alkanes of at least 4 members (excludes halogenated alkanes) is 1. The minimum Gasteiger partial charge on any atom is -0.305 e. The summed E-state index contributed by atoms with van der Waals surface area (Å²) < 4.78 is 24.6. The second kappa shape index (κ2) is 10.9. The highest BCUT2D eigenvalue weighted by molar-refractivity contribution is 8.05.